The van der Waals surface area contributed by atoms with E-state index in [0.29, 0.717) is 26.3 Å². The Hall–Kier alpha value is -1.23. The Labute approximate surface area is 88.4 Å². The van der Waals surface area contributed by atoms with E-state index in [1.807, 2.05) is 0 Å². The molecule has 0 aromatic heterocycles. The van der Waals surface area contributed by atoms with E-state index in [2.05, 4.69) is 0 Å². The Kier molecular flexibility index (Phi) is 3.96. The summed E-state index contributed by atoms with van der Waals surface area (Å²) in [6.45, 7) is 4.38. The lowest BCUT2D eigenvalue weighted by Gasteiger charge is -2.28. The number of ketones is 2. The molecule has 5 nitrogen and oxygen atoms in total. The molecule has 1 heterocycles. The molecule has 1 fully saturated rings. The number of carbonyl (C=O) groups excluding carboxylic acids is 3. The van der Waals surface area contributed by atoms with Gasteiger partial charge >= 0.3 is 0 Å². The molecule has 1 amide bonds. The first-order valence-corrected chi connectivity index (χ1v) is 4.91. The Bertz CT molecular complexity index is 267. The van der Waals surface area contributed by atoms with E-state index in [-0.39, 0.29) is 11.6 Å². The summed E-state index contributed by atoms with van der Waals surface area (Å²) in [7, 11) is 0. The molecule has 84 valence electrons. The predicted molar refractivity (Wildman–Crippen MR) is 52.3 cm³/mol. The van der Waals surface area contributed by atoms with Gasteiger partial charge in [-0.25, -0.2) is 0 Å². The van der Waals surface area contributed by atoms with Gasteiger partial charge in [-0.1, -0.05) is 0 Å². The summed E-state index contributed by atoms with van der Waals surface area (Å²) >= 11 is 0. The summed E-state index contributed by atoms with van der Waals surface area (Å²) in [6.07, 6.45) is 0. The summed E-state index contributed by atoms with van der Waals surface area (Å²) in [6, 6.07) is 0. The Balaban J connectivity index is 2.70. The first-order valence-electron chi connectivity index (χ1n) is 4.91. The molecule has 0 unspecified atom stereocenters. The van der Waals surface area contributed by atoms with Crippen molar-refractivity contribution in [3.63, 3.8) is 0 Å². The first-order chi connectivity index (χ1) is 7.04. The normalized spacial score (nSPS) is 16.6. The highest BCUT2D eigenvalue weighted by molar-refractivity contribution is 6.17. The van der Waals surface area contributed by atoms with Crippen molar-refractivity contribution in [2.75, 3.05) is 26.3 Å². The van der Waals surface area contributed by atoms with Crippen LogP contribution in [0.25, 0.3) is 0 Å². The van der Waals surface area contributed by atoms with E-state index in [1.54, 1.807) is 0 Å². The van der Waals surface area contributed by atoms with Gasteiger partial charge in [-0.05, 0) is 13.8 Å². The van der Waals surface area contributed by atoms with Crippen LogP contribution in [0.2, 0.25) is 0 Å². The Morgan fingerprint density at radius 3 is 1.93 bits per heavy atom. The Morgan fingerprint density at radius 2 is 1.53 bits per heavy atom. The highest BCUT2D eigenvalue weighted by Crippen LogP contribution is 2.08. The molecule has 0 spiro atoms. The van der Waals surface area contributed by atoms with Crippen LogP contribution in [0.1, 0.15) is 13.8 Å². The average molecular weight is 213 g/mol. The lowest BCUT2D eigenvalue weighted by atomic mass is 9.99. The van der Waals surface area contributed by atoms with Crippen molar-refractivity contribution in [1.82, 2.24) is 4.90 Å². The minimum absolute atomic E-state index is 0.390. The second-order valence-electron chi connectivity index (χ2n) is 3.59. The van der Waals surface area contributed by atoms with E-state index in [1.165, 1.54) is 18.7 Å². The van der Waals surface area contributed by atoms with Crippen molar-refractivity contribution in [3.05, 3.63) is 0 Å². The van der Waals surface area contributed by atoms with E-state index in [9.17, 15) is 14.4 Å². The number of amides is 1. The van der Waals surface area contributed by atoms with Crippen LogP contribution in [0.3, 0.4) is 0 Å². The first kappa shape index (κ1) is 11.8. The van der Waals surface area contributed by atoms with Crippen molar-refractivity contribution in [2.24, 2.45) is 5.92 Å². The molecule has 0 atom stereocenters. The third-order valence-electron chi connectivity index (χ3n) is 2.38. The molecule has 5 heteroatoms. The number of Topliss-reactive ketones (excluding diaryl/α,β-unsaturated/α-hetero) is 2. The summed E-state index contributed by atoms with van der Waals surface area (Å²) < 4.78 is 5.09. The molecule has 1 rings (SSSR count). The van der Waals surface area contributed by atoms with E-state index >= 15 is 0 Å². The lowest BCUT2D eigenvalue weighted by Crippen LogP contribution is -2.47. The van der Waals surface area contributed by atoms with Crippen LogP contribution in [0.5, 0.6) is 0 Å². The molecule has 0 aromatic carbocycles. The van der Waals surface area contributed by atoms with Crippen LogP contribution < -0.4 is 0 Å². The zero-order valence-corrected chi connectivity index (χ0v) is 8.99. The summed E-state index contributed by atoms with van der Waals surface area (Å²) in [4.78, 5) is 35.7. The zero-order valence-electron chi connectivity index (χ0n) is 8.99. The van der Waals surface area contributed by atoms with Crippen LogP contribution in [0, 0.1) is 5.92 Å². The number of carbonyl (C=O) groups is 3. The minimum Gasteiger partial charge on any atom is -0.378 e. The van der Waals surface area contributed by atoms with Crippen LogP contribution in [0.4, 0.5) is 0 Å². The maximum Gasteiger partial charge on any atom is 0.240 e. The van der Waals surface area contributed by atoms with Crippen LogP contribution >= 0.6 is 0 Å². The SMILES string of the molecule is CC(=O)C(C(C)=O)C(=O)N1CCOCC1. The fourth-order valence-electron chi connectivity index (χ4n) is 1.60. The summed E-state index contributed by atoms with van der Waals surface area (Å²) in [5.41, 5.74) is 0. The molecule has 0 saturated carbocycles. The topological polar surface area (TPSA) is 63.7 Å². The third kappa shape index (κ3) is 2.86. The van der Waals surface area contributed by atoms with E-state index < -0.39 is 11.8 Å². The molecule has 0 N–H and O–H groups in total. The predicted octanol–water partition coefficient (Wildman–Crippen LogP) is -0.361. The molecule has 0 radical (unpaired) electrons. The highest BCUT2D eigenvalue weighted by Gasteiger charge is 2.32. The second kappa shape index (κ2) is 5.02. The second-order valence-corrected chi connectivity index (χ2v) is 3.59. The van der Waals surface area contributed by atoms with Gasteiger partial charge in [0.25, 0.3) is 0 Å². The van der Waals surface area contributed by atoms with Gasteiger partial charge < -0.3 is 9.64 Å². The number of hydrogen-bond acceptors (Lipinski definition) is 4. The van der Waals surface area contributed by atoms with Crippen molar-refractivity contribution in [3.8, 4) is 0 Å². The molecule has 15 heavy (non-hydrogen) atoms. The van der Waals surface area contributed by atoms with Gasteiger partial charge in [0.1, 0.15) is 11.6 Å². The fraction of sp³-hybridized carbons (Fsp3) is 0.700. The van der Waals surface area contributed by atoms with Gasteiger partial charge in [-0.15, -0.1) is 0 Å². The molecule has 0 aromatic rings. The lowest BCUT2D eigenvalue weighted by molar-refractivity contribution is -0.147. The monoisotopic (exact) mass is 213 g/mol. The molecule has 1 aliphatic rings. The maximum atomic E-state index is 11.8. The molecular formula is C10H15NO4. The smallest absolute Gasteiger partial charge is 0.240 e. The quantitative estimate of drug-likeness (QED) is 0.600. The number of ether oxygens (including phenoxy) is 1. The molecular weight excluding hydrogens is 198 g/mol. The summed E-state index contributed by atoms with van der Waals surface area (Å²) in [5, 5.41) is 0. The largest absolute Gasteiger partial charge is 0.378 e. The van der Waals surface area contributed by atoms with Crippen molar-refractivity contribution in [2.45, 2.75) is 13.8 Å². The number of nitrogens with zero attached hydrogens (tertiary/aromatic N) is 1. The fourth-order valence-corrected chi connectivity index (χ4v) is 1.60. The molecule has 0 aliphatic carbocycles. The van der Waals surface area contributed by atoms with Crippen LogP contribution in [-0.4, -0.2) is 48.7 Å². The number of morpholine rings is 1. The van der Waals surface area contributed by atoms with Gasteiger partial charge in [0.2, 0.25) is 5.91 Å². The zero-order chi connectivity index (χ0) is 11.4. The van der Waals surface area contributed by atoms with Crippen LogP contribution in [0.15, 0.2) is 0 Å². The van der Waals surface area contributed by atoms with Crippen LogP contribution in [-0.2, 0) is 19.1 Å². The average Bonchev–Trinajstić information content (AvgIpc) is 2.18. The third-order valence-corrected chi connectivity index (χ3v) is 2.38. The van der Waals surface area contributed by atoms with Crippen molar-refractivity contribution >= 4 is 17.5 Å². The van der Waals surface area contributed by atoms with Gasteiger partial charge in [0.15, 0.2) is 5.92 Å². The van der Waals surface area contributed by atoms with E-state index in [0.717, 1.165) is 0 Å². The summed E-state index contributed by atoms with van der Waals surface area (Å²) in [5.74, 6) is -2.29. The molecule has 0 bridgehead atoms. The highest BCUT2D eigenvalue weighted by atomic mass is 16.5. The number of rotatable bonds is 3. The number of hydrogen-bond donors (Lipinski definition) is 0. The molecule has 1 aliphatic heterocycles. The van der Waals surface area contributed by atoms with Gasteiger partial charge in [-0.3, -0.25) is 14.4 Å². The van der Waals surface area contributed by atoms with Gasteiger partial charge in [-0.2, -0.15) is 0 Å². The minimum atomic E-state index is -1.12. The van der Waals surface area contributed by atoms with Crippen molar-refractivity contribution < 1.29 is 19.1 Å². The molecule has 1 saturated heterocycles. The Morgan fingerprint density at radius 1 is 1.07 bits per heavy atom. The maximum absolute atomic E-state index is 11.8. The van der Waals surface area contributed by atoms with E-state index in [4.69, 9.17) is 4.74 Å². The standard InChI is InChI=1S/C10H15NO4/c1-7(12)9(8(2)13)10(14)11-3-5-15-6-4-11/h9H,3-6H2,1-2H3. The van der Waals surface area contributed by atoms with Crippen molar-refractivity contribution in [1.29, 1.82) is 0 Å². The van der Waals surface area contributed by atoms with Gasteiger partial charge in [0, 0.05) is 13.1 Å². The van der Waals surface area contributed by atoms with Gasteiger partial charge in [0.05, 0.1) is 13.2 Å².